The van der Waals surface area contributed by atoms with Crippen LogP contribution in [-0.4, -0.2) is 23.7 Å². The Morgan fingerprint density at radius 1 is 0.968 bits per heavy atom. The quantitative estimate of drug-likeness (QED) is 0.403. The van der Waals surface area contributed by atoms with Crippen molar-refractivity contribution in [3.63, 3.8) is 0 Å². The number of ether oxygens (including phenoxy) is 1. The van der Waals surface area contributed by atoms with E-state index in [2.05, 4.69) is 10.6 Å². The second-order valence-corrected chi connectivity index (χ2v) is 8.55. The van der Waals surface area contributed by atoms with Crippen LogP contribution >= 0.6 is 23.4 Å². The summed E-state index contributed by atoms with van der Waals surface area (Å²) in [6.45, 7) is 4.38. The minimum absolute atomic E-state index is 0.0903. The van der Waals surface area contributed by atoms with E-state index in [4.69, 9.17) is 16.3 Å². The first-order valence-electron chi connectivity index (χ1n) is 9.82. The van der Waals surface area contributed by atoms with Crippen LogP contribution in [0.3, 0.4) is 0 Å². The molecule has 31 heavy (non-hydrogen) atoms. The van der Waals surface area contributed by atoms with E-state index in [9.17, 15) is 9.59 Å². The van der Waals surface area contributed by atoms with Gasteiger partial charge in [0.25, 0.3) is 5.91 Å². The van der Waals surface area contributed by atoms with Gasteiger partial charge in [-0.25, -0.2) is 0 Å². The lowest BCUT2D eigenvalue weighted by Gasteiger charge is -2.13. The number of carbonyl (C=O) groups excluding carboxylic acids is 2. The molecule has 0 saturated heterocycles. The van der Waals surface area contributed by atoms with Crippen molar-refractivity contribution in [1.29, 1.82) is 0 Å². The number of carbonyl (C=O) groups is 2. The fourth-order valence-corrected chi connectivity index (χ4v) is 3.81. The molecule has 2 amide bonds. The highest BCUT2D eigenvalue weighted by Gasteiger charge is 2.15. The highest BCUT2D eigenvalue weighted by Crippen LogP contribution is 2.26. The summed E-state index contributed by atoms with van der Waals surface area (Å²) in [5.41, 5.74) is 1.88. The van der Waals surface area contributed by atoms with Gasteiger partial charge in [-0.3, -0.25) is 9.59 Å². The van der Waals surface area contributed by atoms with Gasteiger partial charge in [0.2, 0.25) is 5.91 Å². The van der Waals surface area contributed by atoms with Gasteiger partial charge in [-0.1, -0.05) is 17.7 Å². The molecule has 0 radical (unpaired) electrons. The summed E-state index contributed by atoms with van der Waals surface area (Å²) in [7, 11) is 0. The smallest absolute Gasteiger partial charge is 0.255 e. The summed E-state index contributed by atoms with van der Waals surface area (Å²) in [5, 5.41) is 5.96. The summed E-state index contributed by atoms with van der Waals surface area (Å²) in [5.74, 6) is 0.448. The first kappa shape index (κ1) is 22.7. The molecule has 0 aromatic heterocycles. The van der Waals surface area contributed by atoms with Gasteiger partial charge in [0, 0.05) is 26.9 Å². The summed E-state index contributed by atoms with van der Waals surface area (Å²) in [4.78, 5) is 25.7. The molecule has 160 valence electrons. The van der Waals surface area contributed by atoms with E-state index in [1.165, 1.54) is 11.8 Å². The van der Waals surface area contributed by atoms with Crippen molar-refractivity contribution in [2.45, 2.75) is 24.0 Å². The van der Waals surface area contributed by atoms with E-state index in [0.29, 0.717) is 22.9 Å². The number of thioether (sulfide) groups is 1. The third kappa shape index (κ3) is 6.77. The van der Waals surface area contributed by atoms with Crippen LogP contribution < -0.4 is 15.4 Å². The standard InChI is InChI=1S/C24H23ClN2O3S/c1-3-30-21-11-7-19(8-12-21)26-23(28)16(2)31-22-13-9-20(10-14-22)27-24(29)17-5-4-6-18(25)15-17/h4-16H,3H2,1-2H3,(H,26,28)(H,27,29). The van der Waals surface area contributed by atoms with Crippen LogP contribution in [0.5, 0.6) is 5.75 Å². The van der Waals surface area contributed by atoms with Gasteiger partial charge in [-0.2, -0.15) is 0 Å². The number of halogens is 1. The summed E-state index contributed by atoms with van der Waals surface area (Å²) < 4.78 is 5.41. The van der Waals surface area contributed by atoms with Crippen molar-refractivity contribution in [1.82, 2.24) is 0 Å². The van der Waals surface area contributed by atoms with Crippen LogP contribution in [0, 0.1) is 0 Å². The van der Waals surface area contributed by atoms with Crippen molar-refractivity contribution in [2.75, 3.05) is 17.2 Å². The molecule has 0 heterocycles. The molecule has 0 aliphatic heterocycles. The molecule has 3 aromatic rings. The lowest BCUT2D eigenvalue weighted by Crippen LogP contribution is -2.22. The van der Waals surface area contributed by atoms with Crippen molar-refractivity contribution in [3.8, 4) is 5.75 Å². The molecular weight excluding hydrogens is 432 g/mol. The average Bonchev–Trinajstić information content (AvgIpc) is 2.76. The molecule has 2 N–H and O–H groups in total. The Labute approximate surface area is 191 Å². The Kier molecular flexibility index (Phi) is 7.98. The molecule has 1 unspecified atom stereocenters. The molecular formula is C24H23ClN2O3S. The van der Waals surface area contributed by atoms with Gasteiger partial charge in [0.15, 0.2) is 0 Å². The molecule has 7 heteroatoms. The van der Waals surface area contributed by atoms with Gasteiger partial charge >= 0.3 is 0 Å². The molecule has 0 saturated carbocycles. The fourth-order valence-electron chi connectivity index (χ4n) is 2.75. The summed E-state index contributed by atoms with van der Waals surface area (Å²) >= 11 is 7.38. The Balaban J connectivity index is 1.53. The second kappa shape index (κ2) is 10.9. The predicted octanol–water partition coefficient (Wildman–Crippen LogP) is 6.11. The van der Waals surface area contributed by atoms with E-state index < -0.39 is 0 Å². The molecule has 0 fully saturated rings. The Hall–Kier alpha value is -2.96. The van der Waals surface area contributed by atoms with Gasteiger partial charge in [0.1, 0.15) is 5.75 Å². The first-order valence-corrected chi connectivity index (χ1v) is 11.1. The van der Waals surface area contributed by atoms with Gasteiger partial charge in [-0.05, 0) is 80.6 Å². The van der Waals surface area contributed by atoms with Crippen LogP contribution in [0.25, 0.3) is 0 Å². The number of rotatable bonds is 8. The van der Waals surface area contributed by atoms with E-state index in [1.807, 2.05) is 62.4 Å². The first-order chi connectivity index (χ1) is 14.9. The Bertz CT molecular complexity index is 1040. The van der Waals surface area contributed by atoms with Crippen LogP contribution in [0.2, 0.25) is 5.02 Å². The molecule has 3 rings (SSSR count). The SMILES string of the molecule is CCOc1ccc(NC(=O)C(C)Sc2ccc(NC(=O)c3cccc(Cl)c3)cc2)cc1. The monoisotopic (exact) mass is 454 g/mol. The van der Waals surface area contributed by atoms with E-state index in [-0.39, 0.29) is 17.1 Å². The topological polar surface area (TPSA) is 67.4 Å². The fraction of sp³-hybridized carbons (Fsp3) is 0.167. The van der Waals surface area contributed by atoms with Crippen molar-refractivity contribution < 1.29 is 14.3 Å². The van der Waals surface area contributed by atoms with Crippen LogP contribution in [0.4, 0.5) is 11.4 Å². The minimum atomic E-state index is -0.293. The maximum absolute atomic E-state index is 12.5. The minimum Gasteiger partial charge on any atom is -0.494 e. The van der Waals surface area contributed by atoms with Crippen LogP contribution in [-0.2, 0) is 4.79 Å². The van der Waals surface area contributed by atoms with Crippen LogP contribution in [0.1, 0.15) is 24.2 Å². The van der Waals surface area contributed by atoms with E-state index >= 15 is 0 Å². The van der Waals surface area contributed by atoms with E-state index in [1.54, 1.807) is 24.3 Å². The van der Waals surface area contributed by atoms with Crippen molar-refractivity contribution in [2.24, 2.45) is 0 Å². The maximum Gasteiger partial charge on any atom is 0.255 e. The third-order valence-electron chi connectivity index (χ3n) is 4.31. The summed E-state index contributed by atoms with van der Waals surface area (Å²) in [6.07, 6.45) is 0. The number of amides is 2. The van der Waals surface area contributed by atoms with Crippen LogP contribution in [0.15, 0.2) is 77.7 Å². The molecule has 1 atom stereocenters. The molecule has 0 aliphatic carbocycles. The number of benzene rings is 3. The van der Waals surface area contributed by atoms with E-state index in [0.717, 1.165) is 16.3 Å². The zero-order valence-corrected chi connectivity index (χ0v) is 18.8. The summed E-state index contributed by atoms with van der Waals surface area (Å²) in [6, 6.07) is 21.4. The molecule has 0 aliphatic rings. The molecule has 0 bridgehead atoms. The van der Waals surface area contributed by atoms with Gasteiger partial charge in [0.05, 0.1) is 11.9 Å². The van der Waals surface area contributed by atoms with Gasteiger partial charge < -0.3 is 15.4 Å². The lowest BCUT2D eigenvalue weighted by molar-refractivity contribution is -0.115. The molecule has 3 aromatic carbocycles. The number of hydrogen-bond donors (Lipinski definition) is 2. The Morgan fingerprint density at radius 2 is 1.61 bits per heavy atom. The van der Waals surface area contributed by atoms with Crippen molar-refractivity contribution in [3.05, 3.63) is 83.4 Å². The number of anilines is 2. The zero-order valence-electron chi connectivity index (χ0n) is 17.2. The predicted molar refractivity (Wildman–Crippen MR) is 127 cm³/mol. The highest BCUT2D eigenvalue weighted by molar-refractivity contribution is 8.00. The second-order valence-electron chi connectivity index (χ2n) is 6.70. The largest absolute Gasteiger partial charge is 0.494 e. The molecule has 0 spiro atoms. The number of nitrogens with one attached hydrogen (secondary N) is 2. The average molecular weight is 455 g/mol. The van der Waals surface area contributed by atoms with Crippen molar-refractivity contribution >= 4 is 46.6 Å². The lowest BCUT2D eigenvalue weighted by atomic mass is 10.2. The molecule has 5 nitrogen and oxygen atoms in total. The number of hydrogen-bond acceptors (Lipinski definition) is 4. The highest BCUT2D eigenvalue weighted by atomic mass is 35.5. The maximum atomic E-state index is 12.5. The van der Waals surface area contributed by atoms with Gasteiger partial charge in [-0.15, -0.1) is 11.8 Å². The Morgan fingerprint density at radius 3 is 2.26 bits per heavy atom. The zero-order chi connectivity index (χ0) is 22.2. The third-order valence-corrected chi connectivity index (χ3v) is 5.66. The normalized spacial score (nSPS) is 11.5.